The molecular weight excluding hydrogens is 280 g/mol. The Labute approximate surface area is 123 Å². The van der Waals surface area contributed by atoms with Gasteiger partial charge in [-0.25, -0.2) is 4.79 Å². The lowest BCUT2D eigenvalue weighted by atomic mass is 10.1. The first-order chi connectivity index (χ1) is 9.43. The summed E-state index contributed by atoms with van der Waals surface area (Å²) in [5, 5.41) is 15.2. The Morgan fingerprint density at radius 2 is 2.10 bits per heavy atom. The molecule has 1 atom stereocenters. The number of carboxylic acid groups (broad SMARTS) is 1. The largest absolute Gasteiger partial charge is 0.478 e. The molecule has 0 heterocycles. The second-order valence-corrected chi connectivity index (χ2v) is 4.99. The van der Waals surface area contributed by atoms with E-state index in [2.05, 4.69) is 10.6 Å². The summed E-state index contributed by atoms with van der Waals surface area (Å²) in [5.41, 5.74) is 0.554. The molecule has 1 aromatic rings. The van der Waals surface area contributed by atoms with Crippen molar-refractivity contribution in [2.24, 2.45) is 0 Å². The monoisotopic (exact) mass is 298 g/mol. The van der Waals surface area contributed by atoms with Crippen molar-refractivity contribution in [1.82, 2.24) is 5.32 Å². The van der Waals surface area contributed by atoms with Gasteiger partial charge in [0.25, 0.3) is 0 Å². The van der Waals surface area contributed by atoms with Crippen molar-refractivity contribution in [2.75, 3.05) is 11.9 Å². The van der Waals surface area contributed by atoms with Gasteiger partial charge in [-0.1, -0.05) is 18.5 Å². The van der Waals surface area contributed by atoms with E-state index in [1.165, 1.54) is 6.07 Å². The normalized spacial score (nSPS) is 11.8. The third-order valence-electron chi connectivity index (χ3n) is 2.90. The summed E-state index contributed by atoms with van der Waals surface area (Å²) in [5.74, 6) is -1.11. The number of carbonyl (C=O) groups excluding carboxylic acids is 1. The number of carboxylic acids is 1. The highest BCUT2D eigenvalue weighted by Gasteiger charge is 2.11. The predicted octanol–water partition coefficient (Wildman–Crippen LogP) is 2.75. The molecule has 0 aliphatic rings. The smallest absolute Gasteiger partial charge is 0.337 e. The minimum atomic E-state index is -1.06. The van der Waals surface area contributed by atoms with Crippen molar-refractivity contribution in [3.63, 3.8) is 0 Å². The van der Waals surface area contributed by atoms with Gasteiger partial charge in [0, 0.05) is 29.7 Å². The standard InChI is InChI=1S/C14H19ClN2O3/c1-3-9(2)17-13(18)6-7-16-12-5-4-10(15)8-11(12)14(19)20/h4-5,8-9,16H,3,6-7H2,1-2H3,(H,17,18)(H,19,20). The number of aromatic carboxylic acids is 1. The predicted molar refractivity (Wildman–Crippen MR) is 79.4 cm³/mol. The fourth-order valence-electron chi connectivity index (χ4n) is 1.61. The van der Waals surface area contributed by atoms with Crippen LogP contribution in [-0.4, -0.2) is 29.6 Å². The van der Waals surface area contributed by atoms with Gasteiger partial charge in [0.2, 0.25) is 5.91 Å². The van der Waals surface area contributed by atoms with Crippen LogP contribution in [-0.2, 0) is 4.79 Å². The molecule has 0 radical (unpaired) electrons. The second-order valence-electron chi connectivity index (χ2n) is 4.55. The Morgan fingerprint density at radius 3 is 2.70 bits per heavy atom. The van der Waals surface area contributed by atoms with Gasteiger partial charge in [0.1, 0.15) is 0 Å². The number of rotatable bonds is 7. The van der Waals surface area contributed by atoms with E-state index in [1.807, 2.05) is 13.8 Å². The van der Waals surface area contributed by atoms with E-state index in [-0.39, 0.29) is 23.9 Å². The van der Waals surface area contributed by atoms with Gasteiger partial charge < -0.3 is 15.7 Å². The van der Waals surface area contributed by atoms with Crippen molar-refractivity contribution in [3.05, 3.63) is 28.8 Å². The van der Waals surface area contributed by atoms with Crippen molar-refractivity contribution in [3.8, 4) is 0 Å². The molecule has 110 valence electrons. The minimum Gasteiger partial charge on any atom is -0.478 e. The van der Waals surface area contributed by atoms with Crippen LogP contribution >= 0.6 is 11.6 Å². The third-order valence-corrected chi connectivity index (χ3v) is 3.13. The summed E-state index contributed by atoms with van der Waals surface area (Å²) in [6.07, 6.45) is 1.16. The Balaban J connectivity index is 2.54. The molecule has 0 aromatic heterocycles. The SMILES string of the molecule is CCC(C)NC(=O)CCNc1ccc(Cl)cc1C(=O)O. The number of hydrogen-bond donors (Lipinski definition) is 3. The van der Waals surface area contributed by atoms with Crippen LogP contribution in [0.1, 0.15) is 37.0 Å². The van der Waals surface area contributed by atoms with E-state index in [9.17, 15) is 9.59 Å². The number of nitrogens with one attached hydrogen (secondary N) is 2. The molecular formula is C14H19ClN2O3. The van der Waals surface area contributed by atoms with Crippen LogP contribution in [0.25, 0.3) is 0 Å². The van der Waals surface area contributed by atoms with Gasteiger partial charge in [0.05, 0.1) is 5.56 Å². The molecule has 0 spiro atoms. The molecule has 1 aromatic carbocycles. The molecule has 20 heavy (non-hydrogen) atoms. The Hall–Kier alpha value is -1.75. The van der Waals surface area contributed by atoms with Crippen LogP contribution in [0.5, 0.6) is 0 Å². The van der Waals surface area contributed by atoms with Crippen LogP contribution in [0.4, 0.5) is 5.69 Å². The minimum absolute atomic E-state index is 0.0577. The zero-order chi connectivity index (χ0) is 15.1. The lowest BCUT2D eigenvalue weighted by molar-refractivity contribution is -0.121. The summed E-state index contributed by atoms with van der Waals surface area (Å²) in [7, 11) is 0. The van der Waals surface area contributed by atoms with Crippen molar-refractivity contribution in [2.45, 2.75) is 32.7 Å². The van der Waals surface area contributed by atoms with E-state index in [0.717, 1.165) is 6.42 Å². The maximum absolute atomic E-state index is 11.6. The van der Waals surface area contributed by atoms with Crippen LogP contribution in [0.2, 0.25) is 5.02 Å². The molecule has 0 saturated heterocycles. The highest BCUT2D eigenvalue weighted by Crippen LogP contribution is 2.20. The average Bonchev–Trinajstić information content (AvgIpc) is 2.39. The molecule has 0 aliphatic carbocycles. The lowest BCUT2D eigenvalue weighted by Crippen LogP contribution is -2.33. The van der Waals surface area contributed by atoms with E-state index in [1.54, 1.807) is 12.1 Å². The van der Waals surface area contributed by atoms with Gasteiger partial charge in [-0.15, -0.1) is 0 Å². The van der Waals surface area contributed by atoms with Gasteiger partial charge in [-0.05, 0) is 31.5 Å². The molecule has 1 unspecified atom stereocenters. The Kier molecular flexibility index (Phi) is 6.31. The Morgan fingerprint density at radius 1 is 1.40 bits per heavy atom. The zero-order valence-corrected chi connectivity index (χ0v) is 12.3. The van der Waals surface area contributed by atoms with Crippen LogP contribution in [0.15, 0.2) is 18.2 Å². The van der Waals surface area contributed by atoms with Crippen molar-refractivity contribution < 1.29 is 14.7 Å². The zero-order valence-electron chi connectivity index (χ0n) is 11.6. The first kappa shape index (κ1) is 16.3. The van der Waals surface area contributed by atoms with E-state index >= 15 is 0 Å². The van der Waals surface area contributed by atoms with E-state index in [4.69, 9.17) is 16.7 Å². The molecule has 0 aliphatic heterocycles. The number of hydrogen-bond acceptors (Lipinski definition) is 3. The summed E-state index contributed by atoms with van der Waals surface area (Å²) >= 11 is 5.76. The first-order valence-electron chi connectivity index (χ1n) is 6.50. The summed E-state index contributed by atoms with van der Waals surface area (Å²) in [6, 6.07) is 4.73. The molecule has 1 rings (SSSR count). The average molecular weight is 299 g/mol. The molecule has 0 bridgehead atoms. The molecule has 0 saturated carbocycles. The number of benzene rings is 1. The quantitative estimate of drug-likeness (QED) is 0.723. The fourth-order valence-corrected chi connectivity index (χ4v) is 1.78. The maximum Gasteiger partial charge on any atom is 0.337 e. The third kappa shape index (κ3) is 5.09. The van der Waals surface area contributed by atoms with Crippen LogP contribution in [0.3, 0.4) is 0 Å². The van der Waals surface area contributed by atoms with Crippen LogP contribution < -0.4 is 10.6 Å². The van der Waals surface area contributed by atoms with E-state index in [0.29, 0.717) is 17.3 Å². The molecule has 3 N–H and O–H groups in total. The highest BCUT2D eigenvalue weighted by molar-refractivity contribution is 6.31. The number of amides is 1. The first-order valence-corrected chi connectivity index (χ1v) is 6.88. The number of anilines is 1. The Bertz CT molecular complexity index is 491. The van der Waals surface area contributed by atoms with Crippen molar-refractivity contribution >= 4 is 29.2 Å². The highest BCUT2D eigenvalue weighted by atomic mass is 35.5. The van der Waals surface area contributed by atoms with Gasteiger partial charge in [-0.3, -0.25) is 4.79 Å². The van der Waals surface area contributed by atoms with Crippen molar-refractivity contribution in [1.29, 1.82) is 0 Å². The molecule has 5 nitrogen and oxygen atoms in total. The van der Waals surface area contributed by atoms with Gasteiger partial charge in [0.15, 0.2) is 0 Å². The maximum atomic E-state index is 11.6. The molecule has 1 amide bonds. The topological polar surface area (TPSA) is 78.4 Å². The summed E-state index contributed by atoms with van der Waals surface area (Å²) < 4.78 is 0. The molecule has 0 fully saturated rings. The van der Waals surface area contributed by atoms with Gasteiger partial charge in [-0.2, -0.15) is 0 Å². The summed E-state index contributed by atoms with van der Waals surface area (Å²) in [4.78, 5) is 22.7. The van der Waals surface area contributed by atoms with E-state index < -0.39 is 5.97 Å². The number of halogens is 1. The van der Waals surface area contributed by atoms with Crippen LogP contribution in [0, 0.1) is 0 Å². The molecule has 6 heteroatoms. The fraction of sp³-hybridized carbons (Fsp3) is 0.429. The lowest BCUT2D eigenvalue weighted by Gasteiger charge is -2.13. The summed E-state index contributed by atoms with van der Waals surface area (Å²) in [6.45, 7) is 4.30. The second kappa shape index (κ2) is 7.75. The van der Waals surface area contributed by atoms with Gasteiger partial charge >= 0.3 is 5.97 Å². The number of carbonyl (C=O) groups is 2.